The van der Waals surface area contributed by atoms with Crippen LogP contribution in [0.1, 0.15) is 32.6 Å². The maximum Gasteiger partial charge on any atom is 0.227 e. The highest BCUT2D eigenvalue weighted by atomic mass is 16.5. The van der Waals surface area contributed by atoms with Gasteiger partial charge in [0.2, 0.25) is 5.89 Å². The van der Waals surface area contributed by atoms with Gasteiger partial charge >= 0.3 is 0 Å². The second-order valence-electron chi connectivity index (χ2n) is 5.09. The van der Waals surface area contributed by atoms with Crippen molar-refractivity contribution in [1.82, 2.24) is 15.5 Å². The summed E-state index contributed by atoms with van der Waals surface area (Å²) in [6.07, 6.45) is 7.20. The predicted molar refractivity (Wildman–Crippen MR) is 66.5 cm³/mol. The van der Waals surface area contributed by atoms with E-state index in [1.807, 2.05) is 0 Å². The van der Waals surface area contributed by atoms with Crippen LogP contribution in [0.3, 0.4) is 0 Å². The van der Waals surface area contributed by atoms with Gasteiger partial charge in [0.25, 0.3) is 0 Å². The number of nitrogens with zero attached hydrogens (tertiary/aromatic N) is 2. The zero-order valence-corrected chi connectivity index (χ0v) is 10.6. The van der Waals surface area contributed by atoms with Crippen molar-refractivity contribution < 1.29 is 4.52 Å². The SMILES string of the molecule is CC1=CC(C)CC(CNCCc2ncno2)C1. The number of hydrogen-bond acceptors (Lipinski definition) is 4. The fourth-order valence-corrected chi connectivity index (χ4v) is 2.65. The molecule has 1 aromatic heterocycles. The molecule has 1 aliphatic rings. The van der Waals surface area contributed by atoms with Gasteiger partial charge in [0.05, 0.1) is 0 Å². The fraction of sp³-hybridized carbons (Fsp3) is 0.692. The molecule has 0 amide bonds. The minimum atomic E-state index is 0.714. The summed E-state index contributed by atoms with van der Waals surface area (Å²) in [6.45, 7) is 6.54. The van der Waals surface area contributed by atoms with Gasteiger partial charge in [-0.15, -0.1) is 0 Å². The fourth-order valence-electron chi connectivity index (χ4n) is 2.65. The predicted octanol–water partition coefficient (Wildman–Crippen LogP) is 2.19. The van der Waals surface area contributed by atoms with E-state index in [1.165, 1.54) is 24.7 Å². The Morgan fingerprint density at radius 1 is 1.53 bits per heavy atom. The summed E-state index contributed by atoms with van der Waals surface area (Å²) in [7, 11) is 0. The summed E-state index contributed by atoms with van der Waals surface area (Å²) in [5.74, 6) is 2.22. The van der Waals surface area contributed by atoms with E-state index in [0.717, 1.165) is 31.3 Å². The summed E-state index contributed by atoms with van der Waals surface area (Å²) in [6, 6.07) is 0. The Morgan fingerprint density at radius 2 is 2.41 bits per heavy atom. The molecule has 0 fully saturated rings. The number of allylic oxidation sites excluding steroid dienone is 2. The first-order valence-electron chi connectivity index (χ1n) is 6.37. The quantitative estimate of drug-likeness (QED) is 0.628. The zero-order valence-electron chi connectivity index (χ0n) is 10.6. The molecule has 2 rings (SSSR count). The van der Waals surface area contributed by atoms with Crippen molar-refractivity contribution in [2.24, 2.45) is 11.8 Å². The number of aromatic nitrogens is 2. The van der Waals surface area contributed by atoms with Crippen molar-refractivity contribution in [3.05, 3.63) is 23.9 Å². The second-order valence-corrected chi connectivity index (χ2v) is 5.09. The van der Waals surface area contributed by atoms with Crippen LogP contribution in [0.5, 0.6) is 0 Å². The van der Waals surface area contributed by atoms with E-state index >= 15 is 0 Å². The molecule has 1 N–H and O–H groups in total. The molecule has 1 heterocycles. The molecule has 0 saturated heterocycles. The molecule has 1 aromatic rings. The molecule has 0 aromatic carbocycles. The van der Waals surface area contributed by atoms with Crippen LogP contribution in [-0.4, -0.2) is 23.2 Å². The summed E-state index contributed by atoms with van der Waals surface area (Å²) >= 11 is 0. The number of rotatable bonds is 5. The van der Waals surface area contributed by atoms with Crippen molar-refractivity contribution >= 4 is 0 Å². The molecule has 4 heteroatoms. The van der Waals surface area contributed by atoms with E-state index in [1.54, 1.807) is 0 Å². The van der Waals surface area contributed by atoms with Crippen LogP contribution in [0.4, 0.5) is 0 Å². The zero-order chi connectivity index (χ0) is 12.1. The highest BCUT2D eigenvalue weighted by Gasteiger charge is 2.17. The minimum Gasteiger partial charge on any atom is -0.340 e. The summed E-state index contributed by atoms with van der Waals surface area (Å²) in [4.78, 5) is 4.00. The van der Waals surface area contributed by atoms with Gasteiger partial charge in [-0.05, 0) is 38.1 Å². The van der Waals surface area contributed by atoms with Crippen LogP contribution < -0.4 is 5.32 Å². The molecule has 0 radical (unpaired) electrons. The Hall–Kier alpha value is -1.16. The molecule has 2 unspecified atom stereocenters. The van der Waals surface area contributed by atoms with E-state index in [0.29, 0.717) is 5.89 Å². The van der Waals surface area contributed by atoms with Crippen LogP contribution in [0, 0.1) is 11.8 Å². The van der Waals surface area contributed by atoms with E-state index in [-0.39, 0.29) is 0 Å². The Bertz CT molecular complexity index is 359. The van der Waals surface area contributed by atoms with Crippen molar-refractivity contribution in [2.75, 3.05) is 13.1 Å². The standard InChI is InChI=1S/C13H21N3O/c1-10-5-11(2)7-12(6-10)8-14-4-3-13-15-9-16-17-13/h5,9-10,12,14H,3-4,6-8H2,1-2H3. The molecular formula is C13H21N3O. The summed E-state index contributed by atoms with van der Waals surface area (Å²) in [5.41, 5.74) is 1.53. The molecule has 17 heavy (non-hydrogen) atoms. The first kappa shape index (κ1) is 12.3. The topological polar surface area (TPSA) is 51.0 Å². The van der Waals surface area contributed by atoms with Gasteiger partial charge < -0.3 is 9.84 Å². The lowest BCUT2D eigenvalue weighted by Crippen LogP contribution is -2.27. The third-order valence-corrected chi connectivity index (χ3v) is 3.24. The third kappa shape index (κ3) is 3.97. The van der Waals surface area contributed by atoms with Crippen LogP contribution >= 0.6 is 0 Å². The Balaban J connectivity index is 1.64. The average Bonchev–Trinajstić information content (AvgIpc) is 2.76. The molecule has 0 bridgehead atoms. The molecule has 0 saturated carbocycles. The highest BCUT2D eigenvalue weighted by molar-refractivity contribution is 5.06. The van der Waals surface area contributed by atoms with Gasteiger partial charge in [-0.1, -0.05) is 23.7 Å². The monoisotopic (exact) mass is 235 g/mol. The van der Waals surface area contributed by atoms with Gasteiger partial charge in [0, 0.05) is 13.0 Å². The first-order valence-corrected chi connectivity index (χ1v) is 6.37. The van der Waals surface area contributed by atoms with Crippen molar-refractivity contribution in [3.63, 3.8) is 0 Å². The summed E-state index contributed by atoms with van der Waals surface area (Å²) in [5, 5.41) is 7.07. The van der Waals surface area contributed by atoms with E-state index in [2.05, 4.69) is 35.4 Å². The average molecular weight is 235 g/mol. The Kier molecular flexibility index (Phi) is 4.31. The van der Waals surface area contributed by atoms with Gasteiger partial charge in [-0.3, -0.25) is 0 Å². The first-order chi connectivity index (χ1) is 8.24. The summed E-state index contributed by atoms with van der Waals surface area (Å²) < 4.78 is 4.95. The van der Waals surface area contributed by atoms with E-state index in [4.69, 9.17) is 4.52 Å². The molecule has 2 atom stereocenters. The van der Waals surface area contributed by atoms with Gasteiger partial charge in [-0.2, -0.15) is 4.98 Å². The lowest BCUT2D eigenvalue weighted by molar-refractivity contribution is 0.360. The van der Waals surface area contributed by atoms with Crippen molar-refractivity contribution in [1.29, 1.82) is 0 Å². The minimum absolute atomic E-state index is 0.714. The van der Waals surface area contributed by atoms with Crippen molar-refractivity contribution in [3.8, 4) is 0 Å². The number of nitrogens with one attached hydrogen (secondary N) is 1. The van der Waals surface area contributed by atoms with Crippen molar-refractivity contribution in [2.45, 2.75) is 33.1 Å². The van der Waals surface area contributed by atoms with Crippen LogP contribution in [-0.2, 0) is 6.42 Å². The lowest BCUT2D eigenvalue weighted by Gasteiger charge is -2.25. The Morgan fingerprint density at radius 3 is 3.12 bits per heavy atom. The van der Waals surface area contributed by atoms with Gasteiger partial charge in [0.15, 0.2) is 6.33 Å². The van der Waals surface area contributed by atoms with E-state index < -0.39 is 0 Å². The molecule has 4 nitrogen and oxygen atoms in total. The lowest BCUT2D eigenvalue weighted by atomic mass is 9.84. The number of hydrogen-bond donors (Lipinski definition) is 1. The van der Waals surface area contributed by atoms with Crippen LogP contribution in [0.25, 0.3) is 0 Å². The van der Waals surface area contributed by atoms with E-state index in [9.17, 15) is 0 Å². The molecule has 1 aliphatic carbocycles. The third-order valence-electron chi connectivity index (χ3n) is 3.24. The molecule has 0 spiro atoms. The Labute approximate surface area is 102 Å². The van der Waals surface area contributed by atoms with Gasteiger partial charge in [-0.25, -0.2) is 0 Å². The highest BCUT2D eigenvalue weighted by Crippen LogP contribution is 2.27. The molecule has 0 aliphatic heterocycles. The van der Waals surface area contributed by atoms with Crippen LogP contribution in [0.15, 0.2) is 22.5 Å². The largest absolute Gasteiger partial charge is 0.340 e. The maximum atomic E-state index is 4.95. The van der Waals surface area contributed by atoms with Gasteiger partial charge in [0.1, 0.15) is 0 Å². The smallest absolute Gasteiger partial charge is 0.227 e. The molecule has 94 valence electrons. The second kappa shape index (κ2) is 5.96. The normalized spacial score (nSPS) is 24.7. The molecular weight excluding hydrogens is 214 g/mol. The maximum absolute atomic E-state index is 4.95. The van der Waals surface area contributed by atoms with Crippen LogP contribution in [0.2, 0.25) is 0 Å².